The number of hydrogen-bond acceptors (Lipinski definition) is 4. The van der Waals surface area contributed by atoms with Crippen LogP contribution in [0.25, 0.3) is 0 Å². The molecule has 2 aromatic heterocycles. The molecule has 2 heterocycles. The van der Waals surface area contributed by atoms with Gasteiger partial charge in [-0.3, -0.25) is 9.79 Å². The van der Waals surface area contributed by atoms with Crippen LogP contribution in [0.2, 0.25) is 0 Å². The smallest absolute Gasteiger partial charge is 0.227 e. The predicted octanol–water partition coefficient (Wildman–Crippen LogP) is 3.15. The molecule has 0 aliphatic heterocycles. The second-order valence-corrected chi connectivity index (χ2v) is 6.72. The van der Waals surface area contributed by atoms with Crippen LogP contribution in [0.5, 0.6) is 0 Å². The van der Waals surface area contributed by atoms with Gasteiger partial charge in [-0.15, -0.1) is 35.3 Å². The maximum absolute atomic E-state index is 12.0. The van der Waals surface area contributed by atoms with Crippen LogP contribution in [0.3, 0.4) is 0 Å². The summed E-state index contributed by atoms with van der Waals surface area (Å²) in [5, 5.41) is 8.12. The third-order valence-corrected chi connectivity index (χ3v) is 4.57. The van der Waals surface area contributed by atoms with E-state index in [-0.39, 0.29) is 29.9 Å². The molecule has 0 spiro atoms. The topological polar surface area (TPSA) is 69.6 Å². The number of nitrogens with one attached hydrogen (secondary N) is 2. The summed E-state index contributed by atoms with van der Waals surface area (Å²) in [6, 6.07) is 9.76. The van der Waals surface area contributed by atoms with E-state index in [2.05, 4.69) is 43.0 Å². The summed E-state index contributed by atoms with van der Waals surface area (Å²) in [4.78, 5) is 24.0. The van der Waals surface area contributed by atoms with Crippen molar-refractivity contribution in [2.24, 2.45) is 4.99 Å². The van der Waals surface area contributed by atoms with E-state index in [1.165, 1.54) is 4.88 Å². The molecule has 0 aliphatic carbocycles. The van der Waals surface area contributed by atoms with Crippen LogP contribution in [0.15, 0.2) is 40.7 Å². The van der Waals surface area contributed by atoms with Crippen molar-refractivity contribution in [2.75, 3.05) is 32.5 Å². The molecule has 2 N–H and O–H groups in total. The zero-order valence-electron chi connectivity index (χ0n) is 15.4. The van der Waals surface area contributed by atoms with Crippen molar-refractivity contribution in [3.05, 3.63) is 46.3 Å². The van der Waals surface area contributed by atoms with Crippen LogP contribution in [-0.4, -0.2) is 48.9 Å². The predicted molar refractivity (Wildman–Crippen MR) is 120 cm³/mol. The summed E-state index contributed by atoms with van der Waals surface area (Å²) in [6.45, 7) is 3.29. The van der Waals surface area contributed by atoms with Crippen molar-refractivity contribution >= 4 is 53.0 Å². The number of aliphatic imine (C=N–C) groups is 1. The molecule has 2 rings (SSSR count). The molecule has 1 amide bonds. The summed E-state index contributed by atoms with van der Waals surface area (Å²) in [7, 11) is 3.75. The van der Waals surface area contributed by atoms with Gasteiger partial charge in [0.2, 0.25) is 5.91 Å². The number of thiophene rings is 1. The van der Waals surface area contributed by atoms with E-state index in [0.717, 1.165) is 24.6 Å². The van der Waals surface area contributed by atoms with Crippen LogP contribution >= 0.6 is 35.3 Å². The summed E-state index contributed by atoms with van der Waals surface area (Å²) in [5.41, 5.74) is 0.878. The van der Waals surface area contributed by atoms with Gasteiger partial charge < -0.3 is 15.5 Å². The fourth-order valence-corrected chi connectivity index (χ4v) is 3.03. The molecule has 0 aromatic carbocycles. The number of halogens is 1. The Morgan fingerprint density at radius 2 is 2.12 bits per heavy atom. The number of aromatic nitrogens is 1. The average Bonchev–Trinajstić information content (AvgIpc) is 3.10. The molecule has 6 nitrogen and oxygen atoms in total. The van der Waals surface area contributed by atoms with Crippen molar-refractivity contribution < 1.29 is 4.79 Å². The van der Waals surface area contributed by atoms with Crippen LogP contribution in [0, 0.1) is 6.92 Å². The third-order valence-electron chi connectivity index (χ3n) is 3.64. The Morgan fingerprint density at radius 3 is 2.77 bits per heavy atom. The molecular formula is C18H26IN5OS. The lowest BCUT2D eigenvalue weighted by molar-refractivity contribution is -0.116. The first kappa shape index (κ1) is 22.4. The molecule has 2 aromatic rings. The highest BCUT2D eigenvalue weighted by Crippen LogP contribution is 2.09. The van der Waals surface area contributed by atoms with Gasteiger partial charge in [0.25, 0.3) is 0 Å². The lowest BCUT2D eigenvalue weighted by Crippen LogP contribution is -2.41. The second kappa shape index (κ2) is 11.8. The van der Waals surface area contributed by atoms with Gasteiger partial charge in [0.05, 0.1) is 0 Å². The molecule has 0 radical (unpaired) electrons. The standard InChI is InChI=1S/C18H25N5OS.HI/c1-14-6-4-8-16(21-14)22-17(24)9-11-20-18(19-2)23(3)12-10-15-7-5-13-25-15;/h4-8,13H,9-12H2,1-3H3,(H,19,20)(H,21,22,24);1H. The molecule has 0 atom stereocenters. The highest BCUT2D eigenvalue weighted by Gasteiger charge is 2.08. The minimum Gasteiger partial charge on any atom is -0.356 e. The van der Waals surface area contributed by atoms with Crippen molar-refractivity contribution in [1.29, 1.82) is 0 Å². The minimum atomic E-state index is -0.0673. The fraction of sp³-hybridized carbons (Fsp3) is 0.389. The van der Waals surface area contributed by atoms with E-state index in [1.807, 2.05) is 26.1 Å². The number of rotatable bonds is 7. The Kier molecular flexibility index (Phi) is 10.2. The number of amides is 1. The summed E-state index contributed by atoms with van der Waals surface area (Å²) >= 11 is 1.76. The van der Waals surface area contributed by atoms with Gasteiger partial charge in [0.1, 0.15) is 5.82 Å². The van der Waals surface area contributed by atoms with Crippen molar-refractivity contribution in [3.8, 4) is 0 Å². The third kappa shape index (κ3) is 7.69. The van der Waals surface area contributed by atoms with Gasteiger partial charge >= 0.3 is 0 Å². The van der Waals surface area contributed by atoms with Crippen LogP contribution in [0.1, 0.15) is 17.0 Å². The molecule has 0 unspecified atom stereocenters. The zero-order chi connectivity index (χ0) is 18.1. The zero-order valence-corrected chi connectivity index (χ0v) is 18.5. The van der Waals surface area contributed by atoms with Crippen molar-refractivity contribution in [1.82, 2.24) is 15.2 Å². The quantitative estimate of drug-likeness (QED) is 0.358. The number of carbonyl (C=O) groups is 1. The molecule has 0 bridgehead atoms. The van der Waals surface area contributed by atoms with E-state index in [0.29, 0.717) is 18.8 Å². The number of nitrogens with zero attached hydrogens (tertiary/aromatic N) is 3. The molecule has 8 heteroatoms. The Bertz CT molecular complexity index is 705. The van der Waals surface area contributed by atoms with Gasteiger partial charge in [-0.25, -0.2) is 4.98 Å². The number of likely N-dealkylation sites (N-methyl/N-ethyl adjacent to an activating group) is 1. The summed E-state index contributed by atoms with van der Waals surface area (Å²) < 4.78 is 0. The maximum Gasteiger partial charge on any atom is 0.227 e. The number of guanidine groups is 1. The summed E-state index contributed by atoms with van der Waals surface area (Å²) in [6.07, 6.45) is 1.34. The van der Waals surface area contributed by atoms with Crippen LogP contribution in [-0.2, 0) is 11.2 Å². The molecule has 0 saturated carbocycles. The maximum atomic E-state index is 12.0. The molecule has 0 fully saturated rings. The molecule has 142 valence electrons. The first-order valence-corrected chi connectivity index (χ1v) is 9.14. The first-order valence-electron chi connectivity index (χ1n) is 8.26. The number of pyridine rings is 1. The fourth-order valence-electron chi connectivity index (χ4n) is 2.33. The van der Waals surface area contributed by atoms with Crippen LogP contribution < -0.4 is 10.6 Å². The first-order chi connectivity index (χ1) is 12.1. The number of carbonyl (C=O) groups excluding carboxylic acids is 1. The monoisotopic (exact) mass is 487 g/mol. The van der Waals surface area contributed by atoms with Gasteiger partial charge in [-0.2, -0.15) is 0 Å². The lowest BCUT2D eigenvalue weighted by Gasteiger charge is -2.21. The van der Waals surface area contributed by atoms with E-state index >= 15 is 0 Å². The molecular weight excluding hydrogens is 461 g/mol. The Hall–Kier alpha value is -1.68. The number of anilines is 1. The SMILES string of the molecule is CN=C(NCCC(=O)Nc1cccc(C)n1)N(C)CCc1cccs1.I. The number of hydrogen-bond donors (Lipinski definition) is 2. The van der Waals surface area contributed by atoms with E-state index in [4.69, 9.17) is 0 Å². The van der Waals surface area contributed by atoms with E-state index in [1.54, 1.807) is 24.5 Å². The average molecular weight is 487 g/mol. The highest BCUT2D eigenvalue weighted by molar-refractivity contribution is 14.0. The Balaban J connectivity index is 0.00000338. The highest BCUT2D eigenvalue weighted by atomic mass is 127. The molecule has 0 aliphatic rings. The second-order valence-electron chi connectivity index (χ2n) is 5.69. The lowest BCUT2D eigenvalue weighted by atomic mass is 10.3. The normalized spacial score (nSPS) is 10.8. The van der Waals surface area contributed by atoms with E-state index in [9.17, 15) is 4.79 Å². The van der Waals surface area contributed by atoms with Gasteiger partial charge in [0, 0.05) is 44.2 Å². The Labute approximate surface area is 176 Å². The van der Waals surface area contributed by atoms with Crippen molar-refractivity contribution in [3.63, 3.8) is 0 Å². The summed E-state index contributed by atoms with van der Waals surface area (Å²) in [5.74, 6) is 1.31. The largest absolute Gasteiger partial charge is 0.356 e. The van der Waals surface area contributed by atoms with Crippen molar-refractivity contribution in [2.45, 2.75) is 19.8 Å². The van der Waals surface area contributed by atoms with Crippen LogP contribution in [0.4, 0.5) is 5.82 Å². The minimum absolute atomic E-state index is 0. The van der Waals surface area contributed by atoms with Gasteiger partial charge in [-0.1, -0.05) is 12.1 Å². The number of aryl methyl sites for hydroxylation is 1. The van der Waals surface area contributed by atoms with E-state index < -0.39 is 0 Å². The molecule has 0 saturated heterocycles. The van der Waals surface area contributed by atoms with Gasteiger partial charge in [-0.05, 0) is 36.9 Å². The van der Waals surface area contributed by atoms with Gasteiger partial charge in [0.15, 0.2) is 5.96 Å². The molecule has 26 heavy (non-hydrogen) atoms. The Morgan fingerprint density at radius 1 is 1.31 bits per heavy atom.